The Hall–Kier alpha value is -1.10. The SMILES string of the molecule is CC(C)[C@H](N)C(=O)NCC(=O)N[C@@H](C)C1CCCCCC1. The van der Waals surface area contributed by atoms with E-state index in [-0.39, 0.29) is 30.3 Å². The molecule has 0 spiro atoms. The maximum Gasteiger partial charge on any atom is 0.239 e. The number of hydrogen-bond acceptors (Lipinski definition) is 3. The third kappa shape index (κ3) is 6.46. The summed E-state index contributed by atoms with van der Waals surface area (Å²) in [5.74, 6) is 0.237. The fourth-order valence-corrected chi connectivity index (χ4v) is 2.82. The topological polar surface area (TPSA) is 84.2 Å². The molecule has 1 fully saturated rings. The Morgan fingerprint density at radius 3 is 2.19 bits per heavy atom. The average Bonchev–Trinajstić information content (AvgIpc) is 2.72. The first kappa shape index (κ1) is 18.0. The first-order chi connectivity index (χ1) is 9.91. The van der Waals surface area contributed by atoms with Crippen molar-refractivity contribution in [2.24, 2.45) is 17.6 Å². The van der Waals surface area contributed by atoms with Crippen LogP contribution in [-0.4, -0.2) is 30.4 Å². The van der Waals surface area contributed by atoms with E-state index in [2.05, 4.69) is 17.6 Å². The van der Waals surface area contributed by atoms with Crippen molar-refractivity contribution in [1.29, 1.82) is 0 Å². The minimum absolute atomic E-state index is 0.0102. The Kier molecular flexibility index (Phi) is 7.72. The van der Waals surface area contributed by atoms with E-state index in [0.29, 0.717) is 5.92 Å². The van der Waals surface area contributed by atoms with E-state index in [1.165, 1.54) is 38.5 Å². The van der Waals surface area contributed by atoms with Crippen LogP contribution in [-0.2, 0) is 9.59 Å². The Bertz CT molecular complexity index is 336. The molecule has 0 aromatic rings. The second-order valence-corrected chi connectivity index (χ2v) is 6.60. The van der Waals surface area contributed by atoms with E-state index in [1.807, 2.05) is 13.8 Å². The normalized spacial score (nSPS) is 19.7. The van der Waals surface area contributed by atoms with Gasteiger partial charge in [0.2, 0.25) is 11.8 Å². The zero-order valence-corrected chi connectivity index (χ0v) is 13.7. The molecule has 5 heteroatoms. The highest BCUT2D eigenvalue weighted by Gasteiger charge is 2.21. The van der Waals surface area contributed by atoms with Gasteiger partial charge in [-0.1, -0.05) is 39.5 Å². The smallest absolute Gasteiger partial charge is 0.239 e. The van der Waals surface area contributed by atoms with Crippen LogP contribution in [0.3, 0.4) is 0 Å². The van der Waals surface area contributed by atoms with E-state index >= 15 is 0 Å². The van der Waals surface area contributed by atoms with Crippen LogP contribution in [0.2, 0.25) is 0 Å². The zero-order chi connectivity index (χ0) is 15.8. The predicted octanol–water partition coefficient (Wildman–Crippen LogP) is 1.56. The molecule has 2 atom stereocenters. The summed E-state index contributed by atoms with van der Waals surface area (Å²) in [6.07, 6.45) is 7.49. The Labute approximate surface area is 128 Å². The highest BCUT2D eigenvalue weighted by atomic mass is 16.2. The Balaban J connectivity index is 2.30. The van der Waals surface area contributed by atoms with Crippen LogP contribution in [0.5, 0.6) is 0 Å². The van der Waals surface area contributed by atoms with Crippen LogP contribution in [0.1, 0.15) is 59.3 Å². The summed E-state index contributed by atoms with van der Waals surface area (Å²) in [6.45, 7) is 5.85. The van der Waals surface area contributed by atoms with Crippen molar-refractivity contribution in [3.8, 4) is 0 Å². The molecular weight excluding hydrogens is 266 g/mol. The lowest BCUT2D eigenvalue weighted by Crippen LogP contribution is -2.49. The molecule has 0 radical (unpaired) electrons. The van der Waals surface area contributed by atoms with Gasteiger partial charge in [0.25, 0.3) is 0 Å². The molecule has 0 aromatic carbocycles. The van der Waals surface area contributed by atoms with Gasteiger partial charge < -0.3 is 16.4 Å². The fourth-order valence-electron chi connectivity index (χ4n) is 2.82. The van der Waals surface area contributed by atoms with Crippen LogP contribution in [0, 0.1) is 11.8 Å². The fraction of sp³-hybridized carbons (Fsp3) is 0.875. The van der Waals surface area contributed by atoms with Gasteiger partial charge in [-0.05, 0) is 31.6 Å². The van der Waals surface area contributed by atoms with Gasteiger partial charge in [-0.25, -0.2) is 0 Å². The molecule has 0 unspecified atom stereocenters. The van der Waals surface area contributed by atoms with Crippen molar-refractivity contribution in [1.82, 2.24) is 10.6 Å². The van der Waals surface area contributed by atoms with E-state index in [4.69, 9.17) is 5.73 Å². The summed E-state index contributed by atoms with van der Waals surface area (Å²) >= 11 is 0. The van der Waals surface area contributed by atoms with E-state index in [0.717, 1.165) is 0 Å². The molecule has 1 rings (SSSR count). The van der Waals surface area contributed by atoms with Crippen molar-refractivity contribution >= 4 is 11.8 Å². The molecule has 1 aliphatic rings. The van der Waals surface area contributed by atoms with Gasteiger partial charge in [0.15, 0.2) is 0 Å². The molecule has 2 amide bonds. The highest BCUT2D eigenvalue weighted by Crippen LogP contribution is 2.25. The van der Waals surface area contributed by atoms with Crippen molar-refractivity contribution in [2.45, 2.75) is 71.4 Å². The van der Waals surface area contributed by atoms with Crippen molar-refractivity contribution in [3.63, 3.8) is 0 Å². The number of nitrogens with one attached hydrogen (secondary N) is 2. The number of carbonyl (C=O) groups excluding carboxylic acids is 2. The van der Waals surface area contributed by atoms with Gasteiger partial charge in [0.05, 0.1) is 12.6 Å². The van der Waals surface area contributed by atoms with E-state index < -0.39 is 6.04 Å². The molecule has 0 bridgehead atoms. The molecule has 0 heterocycles. The quantitative estimate of drug-likeness (QED) is 0.651. The van der Waals surface area contributed by atoms with Gasteiger partial charge in [-0.15, -0.1) is 0 Å². The number of carbonyl (C=O) groups is 2. The number of nitrogens with two attached hydrogens (primary N) is 1. The Morgan fingerprint density at radius 2 is 1.67 bits per heavy atom. The molecular formula is C16H31N3O2. The summed E-state index contributed by atoms with van der Waals surface area (Å²) in [5, 5.41) is 5.61. The molecule has 0 aromatic heterocycles. The van der Waals surface area contributed by atoms with E-state index in [9.17, 15) is 9.59 Å². The van der Waals surface area contributed by atoms with Crippen molar-refractivity contribution in [2.75, 3.05) is 6.54 Å². The van der Waals surface area contributed by atoms with Crippen LogP contribution in [0.15, 0.2) is 0 Å². The molecule has 5 nitrogen and oxygen atoms in total. The predicted molar refractivity (Wildman–Crippen MR) is 84.6 cm³/mol. The minimum atomic E-state index is -0.558. The second kappa shape index (κ2) is 9.03. The third-order valence-electron chi connectivity index (χ3n) is 4.44. The second-order valence-electron chi connectivity index (χ2n) is 6.60. The van der Waals surface area contributed by atoms with Crippen LogP contribution in [0.25, 0.3) is 0 Å². The summed E-state index contributed by atoms with van der Waals surface area (Å²) in [5.41, 5.74) is 5.74. The van der Waals surface area contributed by atoms with Gasteiger partial charge in [0.1, 0.15) is 0 Å². The Morgan fingerprint density at radius 1 is 1.10 bits per heavy atom. The lowest BCUT2D eigenvalue weighted by Gasteiger charge is -2.24. The monoisotopic (exact) mass is 297 g/mol. The summed E-state index contributed by atoms with van der Waals surface area (Å²) in [6, 6.07) is -0.386. The third-order valence-corrected chi connectivity index (χ3v) is 4.44. The first-order valence-corrected chi connectivity index (χ1v) is 8.24. The first-order valence-electron chi connectivity index (χ1n) is 8.24. The summed E-state index contributed by atoms with van der Waals surface area (Å²) < 4.78 is 0. The number of rotatable bonds is 6. The zero-order valence-electron chi connectivity index (χ0n) is 13.7. The van der Waals surface area contributed by atoms with Crippen LogP contribution in [0.4, 0.5) is 0 Å². The van der Waals surface area contributed by atoms with Crippen LogP contribution >= 0.6 is 0 Å². The molecule has 122 valence electrons. The van der Waals surface area contributed by atoms with Gasteiger partial charge in [0, 0.05) is 6.04 Å². The average molecular weight is 297 g/mol. The molecule has 4 N–H and O–H groups in total. The molecule has 1 aliphatic carbocycles. The lowest BCUT2D eigenvalue weighted by molar-refractivity contribution is -0.127. The van der Waals surface area contributed by atoms with Gasteiger partial charge >= 0.3 is 0 Å². The van der Waals surface area contributed by atoms with Crippen LogP contribution < -0.4 is 16.4 Å². The van der Waals surface area contributed by atoms with Crippen molar-refractivity contribution < 1.29 is 9.59 Å². The number of amides is 2. The summed E-state index contributed by atoms with van der Waals surface area (Å²) in [7, 11) is 0. The standard InChI is InChI=1S/C16H31N3O2/c1-11(2)15(17)16(21)18-10-14(20)19-12(3)13-8-6-4-5-7-9-13/h11-13,15H,4-10,17H2,1-3H3,(H,18,21)(H,19,20)/t12-,15-/m0/s1. The van der Waals surface area contributed by atoms with E-state index in [1.54, 1.807) is 0 Å². The molecule has 0 aliphatic heterocycles. The molecule has 21 heavy (non-hydrogen) atoms. The van der Waals surface area contributed by atoms with Gasteiger partial charge in [-0.3, -0.25) is 9.59 Å². The summed E-state index contributed by atoms with van der Waals surface area (Å²) in [4.78, 5) is 23.6. The van der Waals surface area contributed by atoms with Crippen molar-refractivity contribution in [3.05, 3.63) is 0 Å². The van der Waals surface area contributed by atoms with Gasteiger partial charge in [-0.2, -0.15) is 0 Å². The number of hydrogen-bond donors (Lipinski definition) is 3. The maximum absolute atomic E-state index is 11.9. The largest absolute Gasteiger partial charge is 0.352 e. The lowest BCUT2D eigenvalue weighted by atomic mass is 9.93. The maximum atomic E-state index is 11.9. The minimum Gasteiger partial charge on any atom is -0.352 e. The highest BCUT2D eigenvalue weighted by molar-refractivity contribution is 5.87. The molecule has 1 saturated carbocycles. The molecule has 0 saturated heterocycles.